The first-order chi connectivity index (χ1) is 6.84. The van der Waals surface area contributed by atoms with Crippen molar-refractivity contribution < 1.29 is 0 Å². The fraction of sp³-hybridized carbons (Fsp3) is 0.692. The zero-order valence-electron chi connectivity index (χ0n) is 10.9. The third-order valence-corrected chi connectivity index (χ3v) is 2.80. The summed E-state index contributed by atoms with van der Waals surface area (Å²) in [4.78, 5) is 2.15. The molecule has 0 atom stereocenters. The van der Waals surface area contributed by atoms with E-state index >= 15 is 0 Å². The van der Waals surface area contributed by atoms with Crippen molar-refractivity contribution in [3.63, 3.8) is 0 Å². The normalized spacial score (nSPS) is 13.5. The van der Waals surface area contributed by atoms with Crippen LogP contribution in [-0.4, -0.2) is 17.6 Å². The van der Waals surface area contributed by atoms with Crippen LogP contribution in [0.4, 0.5) is 0 Å². The molecule has 88 valence electrons. The van der Waals surface area contributed by atoms with Crippen molar-refractivity contribution in [2.24, 2.45) is 5.73 Å². The Morgan fingerprint density at radius 3 is 2.33 bits per heavy atom. The second-order valence-corrected chi connectivity index (χ2v) is 4.65. The van der Waals surface area contributed by atoms with Gasteiger partial charge in [-0.05, 0) is 39.2 Å². The standard InChI is InChI=1S/C13H26N2/c1-7-9-10-12(11(3)8-2)15(6)13(4,5)14/h8H,2,7,9-10,14H2,1,3-6H3/b12-11-. The Labute approximate surface area is 94.8 Å². The summed E-state index contributed by atoms with van der Waals surface area (Å²) < 4.78 is 0. The fourth-order valence-corrected chi connectivity index (χ4v) is 1.44. The van der Waals surface area contributed by atoms with Crippen LogP contribution in [0.1, 0.15) is 47.0 Å². The molecule has 0 aromatic heterocycles. The van der Waals surface area contributed by atoms with Gasteiger partial charge in [-0.25, -0.2) is 0 Å². The molecule has 0 heterocycles. The second-order valence-electron chi connectivity index (χ2n) is 4.65. The number of rotatable bonds is 6. The molecule has 0 spiro atoms. The molecule has 0 unspecified atom stereocenters. The first-order valence-corrected chi connectivity index (χ1v) is 5.69. The van der Waals surface area contributed by atoms with Crippen molar-refractivity contribution >= 4 is 0 Å². The van der Waals surface area contributed by atoms with E-state index in [4.69, 9.17) is 5.73 Å². The molecule has 15 heavy (non-hydrogen) atoms. The van der Waals surface area contributed by atoms with E-state index in [1.807, 2.05) is 19.9 Å². The van der Waals surface area contributed by atoms with Crippen LogP contribution in [0.2, 0.25) is 0 Å². The quantitative estimate of drug-likeness (QED) is 0.538. The maximum atomic E-state index is 6.10. The Bertz CT molecular complexity index is 233. The van der Waals surface area contributed by atoms with E-state index < -0.39 is 0 Å². The zero-order chi connectivity index (χ0) is 12.1. The van der Waals surface area contributed by atoms with Gasteiger partial charge in [-0.2, -0.15) is 0 Å². The Morgan fingerprint density at radius 1 is 1.47 bits per heavy atom. The topological polar surface area (TPSA) is 29.3 Å². The fourth-order valence-electron chi connectivity index (χ4n) is 1.44. The first-order valence-electron chi connectivity index (χ1n) is 5.69. The van der Waals surface area contributed by atoms with Crippen LogP contribution in [0.25, 0.3) is 0 Å². The van der Waals surface area contributed by atoms with Gasteiger partial charge in [-0.1, -0.05) is 26.0 Å². The largest absolute Gasteiger partial charge is 0.360 e. The average Bonchev–Trinajstić information content (AvgIpc) is 2.16. The van der Waals surface area contributed by atoms with Gasteiger partial charge in [0, 0.05) is 12.7 Å². The highest BCUT2D eigenvalue weighted by molar-refractivity contribution is 5.22. The summed E-state index contributed by atoms with van der Waals surface area (Å²) in [5.74, 6) is 0. The van der Waals surface area contributed by atoms with Crippen molar-refractivity contribution in [2.75, 3.05) is 7.05 Å². The third kappa shape index (κ3) is 4.52. The van der Waals surface area contributed by atoms with E-state index in [1.165, 1.54) is 24.1 Å². The second kappa shape index (κ2) is 5.96. The highest BCUT2D eigenvalue weighted by Gasteiger charge is 2.20. The number of nitrogens with zero attached hydrogens (tertiary/aromatic N) is 1. The summed E-state index contributed by atoms with van der Waals surface area (Å²) in [6, 6.07) is 0. The van der Waals surface area contributed by atoms with Crippen molar-refractivity contribution in [3.8, 4) is 0 Å². The zero-order valence-corrected chi connectivity index (χ0v) is 10.9. The Hall–Kier alpha value is -0.760. The Morgan fingerprint density at radius 2 is 2.00 bits per heavy atom. The summed E-state index contributed by atoms with van der Waals surface area (Å²) in [7, 11) is 2.05. The lowest BCUT2D eigenvalue weighted by molar-refractivity contribution is 0.203. The van der Waals surface area contributed by atoms with Crippen LogP contribution < -0.4 is 5.73 Å². The van der Waals surface area contributed by atoms with Gasteiger partial charge >= 0.3 is 0 Å². The molecule has 0 aromatic carbocycles. The molecular weight excluding hydrogens is 184 g/mol. The van der Waals surface area contributed by atoms with Crippen molar-refractivity contribution in [1.82, 2.24) is 4.90 Å². The molecule has 0 fully saturated rings. The molecule has 2 nitrogen and oxygen atoms in total. The molecule has 0 bridgehead atoms. The number of hydrogen-bond donors (Lipinski definition) is 1. The minimum absolute atomic E-state index is 0.312. The molecule has 0 aliphatic rings. The lowest BCUT2D eigenvalue weighted by Crippen LogP contribution is -2.48. The van der Waals surface area contributed by atoms with Crippen molar-refractivity contribution in [3.05, 3.63) is 23.9 Å². The van der Waals surface area contributed by atoms with Crippen LogP contribution in [0.3, 0.4) is 0 Å². The van der Waals surface area contributed by atoms with Gasteiger partial charge in [0.1, 0.15) is 0 Å². The van der Waals surface area contributed by atoms with Crippen LogP contribution >= 0.6 is 0 Å². The van der Waals surface area contributed by atoms with E-state index in [2.05, 4.69) is 32.4 Å². The Balaban J connectivity index is 4.87. The molecule has 2 heteroatoms. The molecule has 0 saturated heterocycles. The van der Waals surface area contributed by atoms with E-state index in [9.17, 15) is 0 Å². The molecule has 0 aromatic rings. The summed E-state index contributed by atoms with van der Waals surface area (Å²) >= 11 is 0. The van der Waals surface area contributed by atoms with Crippen molar-refractivity contribution in [1.29, 1.82) is 0 Å². The molecule has 2 N–H and O–H groups in total. The highest BCUT2D eigenvalue weighted by atomic mass is 15.2. The smallest absolute Gasteiger partial charge is 0.0820 e. The summed E-state index contributed by atoms with van der Waals surface area (Å²) in [6.07, 6.45) is 5.38. The van der Waals surface area contributed by atoms with Crippen LogP contribution in [0.15, 0.2) is 23.9 Å². The molecular formula is C13H26N2. The lowest BCUT2D eigenvalue weighted by atomic mass is 10.1. The predicted molar refractivity (Wildman–Crippen MR) is 68.5 cm³/mol. The van der Waals surface area contributed by atoms with Gasteiger partial charge in [0.15, 0.2) is 0 Å². The van der Waals surface area contributed by atoms with E-state index in [0.717, 1.165) is 6.42 Å². The molecule has 0 rings (SSSR count). The number of unbranched alkanes of at least 4 members (excludes halogenated alkanes) is 1. The van der Waals surface area contributed by atoms with Gasteiger partial charge < -0.3 is 10.6 Å². The molecule has 0 radical (unpaired) electrons. The predicted octanol–water partition coefficient (Wildman–Crippen LogP) is 3.26. The van der Waals surface area contributed by atoms with Crippen LogP contribution in [-0.2, 0) is 0 Å². The monoisotopic (exact) mass is 210 g/mol. The Kier molecular flexibility index (Phi) is 5.66. The first kappa shape index (κ1) is 14.2. The van der Waals surface area contributed by atoms with E-state index in [0.29, 0.717) is 0 Å². The van der Waals surface area contributed by atoms with Crippen LogP contribution in [0, 0.1) is 0 Å². The van der Waals surface area contributed by atoms with Gasteiger partial charge in [0.2, 0.25) is 0 Å². The SMILES string of the molecule is C=C/C(C)=C(/CCCC)N(C)C(C)(C)N. The van der Waals surface area contributed by atoms with E-state index in [-0.39, 0.29) is 5.66 Å². The third-order valence-electron chi connectivity index (χ3n) is 2.80. The molecule has 0 aliphatic heterocycles. The van der Waals surface area contributed by atoms with Gasteiger partial charge in [0.25, 0.3) is 0 Å². The number of allylic oxidation sites excluding steroid dienone is 3. The molecule has 0 amide bonds. The summed E-state index contributed by atoms with van der Waals surface area (Å²) in [5.41, 5.74) is 8.32. The summed E-state index contributed by atoms with van der Waals surface area (Å²) in [5, 5.41) is 0. The van der Waals surface area contributed by atoms with Gasteiger partial charge in [0.05, 0.1) is 5.66 Å². The maximum absolute atomic E-state index is 6.10. The minimum atomic E-state index is -0.312. The summed E-state index contributed by atoms with van der Waals surface area (Å²) in [6.45, 7) is 12.2. The maximum Gasteiger partial charge on any atom is 0.0820 e. The van der Waals surface area contributed by atoms with Crippen molar-refractivity contribution in [2.45, 2.75) is 52.6 Å². The molecule has 0 saturated carbocycles. The lowest BCUT2D eigenvalue weighted by Gasteiger charge is -2.36. The van der Waals surface area contributed by atoms with Crippen LogP contribution in [0.5, 0.6) is 0 Å². The average molecular weight is 210 g/mol. The van der Waals surface area contributed by atoms with Gasteiger partial charge in [-0.3, -0.25) is 0 Å². The van der Waals surface area contributed by atoms with E-state index in [1.54, 1.807) is 0 Å². The molecule has 0 aliphatic carbocycles. The number of nitrogens with two attached hydrogens (primary N) is 1. The number of hydrogen-bond acceptors (Lipinski definition) is 2. The van der Waals surface area contributed by atoms with Gasteiger partial charge in [-0.15, -0.1) is 0 Å². The highest BCUT2D eigenvalue weighted by Crippen LogP contribution is 2.21. The minimum Gasteiger partial charge on any atom is -0.360 e.